The Morgan fingerprint density at radius 2 is 2.16 bits per heavy atom. The lowest BCUT2D eigenvalue weighted by atomic mass is 9.76. The molecule has 0 aromatic heterocycles. The lowest BCUT2D eigenvalue weighted by molar-refractivity contribution is 0.214. The molecule has 0 spiro atoms. The van der Waals surface area contributed by atoms with E-state index < -0.39 is 10.0 Å². The number of hydrogen-bond donors (Lipinski definition) is 2. The second-order valence-corrected chi connectivity index (χ2v) is 7.27. The summed E-state index contributed by atoms with van der Waals surface area (Å²) in [5, 5.41) is 3.23. The van der Waals surface area contributed by atoms with Crippen molar-refractivity contribution in [2.45, 2.75) is 49.5 Å². The molecule has 0 amide bonds. The molecular weight excluding hydrogens is 260 g/mol. The Balaban J connectivity index is 1.88. The average molecular weight is 280 g/mol. The molecule has 1 aliphatic carbocycles. The summed E-state index contributed by atoms with van der Waals surface area (Å²) < 4.78 is 27.8. The van der Waals surface area contributed by atoms with E-state index in [0.717, 1.165) is 44.3 Å². The fraction of sp³-hybridized carbons (Fsp3) is 0.571. The van der Waals surface area contributed by atoms with Gasteiger partial charge in [-0.05, 0) is 49.8 Å². The largest absolute Gasteiger partial charge is 0.384 e. The predicted molar refractivity (Wildman–Crippen MR) is 75.8 cm³/mol. The van der Waals surface area contributed by atoms with E-state index >= 15 is 0 Å². The van der Waals surface area contributed by atoms with E-state index in [2.05, 4.69) is 10.0 Å². The standard InChI is InChI=1S/C14H20N2O2S/c1-2-14(7-3-8-14)16-19(17,18)12-5-4-11-6-9-15-13(11)10-12/h4-5,10,15-16H,2-3,6-9H2,1H3. The molecule has 104 valence electrons. The van der Waals surface area contributed by atoms with Crippen molar-refractivity contribution in [2.24, 2.45) is 0 Å². The number of benzene rings is 1. The molecule has 0 unspecified atom stereocenters. The number of sulfonamides is 1. The third-order valence-corrected chi connectivity index (χ3v) is 6.02. The molecule has 1 heterocycles. The molecule has 1 aromatic carbocycles. The van der Waals surface area contributed by atoms with Gasteiger partial charge >= 0.3 is 0 Å². The highest BCUT2D eigenvalue weighted by Gasteiger charge is 2.39. The molecule has 1 aliphatic heterocycles. The van der Waals surface area contributed by atoms with E-state index in [1.54, 1.807) is 12.1 Å². The number of fused-ring (bicyclic) bond motifs is 1. The van der Waals surface area contributed by atoms with Crippen LogP contribution in [0.3, 0.4) is 0 Å². The van der Waals surface area contributed by atoms with Gasteiger partial charge in [-0.3, -0.25) is 0 Å². The zero-order valence-electron chi connectivity index (χ0n) is 11.2. The quantitative estimate of drug-likeness (QED) is 0.889. The smallest absolute Gasteiger partial charge is 0.241 e. The number of anilines is 1. The van der Waals surface area contributed by atoms with E-state index in [9.17, 15) is 8.42 Å². The normalized spacial score (nSPS) is 20.5. The van der Waals surface area contributed by atoms with Gasteiger partial charge in [0, 0.05) is 17.8 Å². The minimum Gasteiger partial charge on any atom is -0.384 e. The van der Waals surface area contributed by atoms with Crippen LogP contribution in [0.25, 0.3) is 0 Å². The first-order valence-corrected chi connectivity index (χ1v) is 8.44. The van der Waals surface area contributed by atoms with Crippen molar-refractivity contribution in [1.29, 1.82) is 0 Å². The first-order valence-electron chi connectivity index (χ1n) is 6.95. The second kappa shape index (κ2) is 4.49. The Morgan fingerprint density at radius 1 is 1.37 bits per heavy atom. The Morgan fingerprint density at radius 3 is 2.79 bits per heavy atom. The van der Waals surface area contributed by atoms with Crippen molar-refractivity contribution >= 4 is 15.7 Å². The van der Waals surface area contributed by atoms with Gasteiger partial charge in [0.25, 0.3) is 0 Å². The molecule has 0 atom stereocenters. The number of hydrogen-bond acceptors (Lipinski definition) is 3. The van der Waals surface area contributed by atoms with Gasteiger partial charge in [0.1, 0.15) is 0 Å². The van der Waals surface area contributed by atoms with Crippen molar-refractivity contribution in [3.63, 3.8) is 0 Å². The maximum absolute atomic E-state index is 12.5. The van der Waals surface area contributed by atoms with Crippen LogP contribution in [-0.4, -0.2) is 20.5 Å². The van der Waals surface area contributed by atoms with Gasteiger partial charge in [-0.15, -0.1) is 0 Å². The first kappa shape index (κ1) is 12.9. The highest BCUT2D eigenvalue weighted by Crippen LogP contribution is 2.36. The summed E-state index contributed by atoms with van der Waals surface area (Å²) in [6, 6.07) is 5.40. The van der Waals surface area contributed by atoms with Crippen molar-refractivity contribution in [1.82, 2.24) is 4.72 Å². The first-order chi connectivity index (χ1) is 9.05. The molecule has 4 nitrogen and oxygen atoms in total. The zero-order chi connectivity index (χ0) is 13.5. The van der Waals surface area contributed by atoms with Gasteiger partial charge in [0.2, 0.25) is 10.0 Å². The maximum atomic E-state index is 12.5. The summed E-state index contributed by atoms with van der Waals surface area (Å²) in [6.07, 6.45) is 4.84. The average Bonchev–Trinajstić information content (AvgIpc) is 2.81. The summed E-state index contributed by atoms with van der Waals surface area (Å²) in [5.74, 6) is 0. The highest BCUT2D eigenvalue weighted by atomic mass is 32.2. The van der Waals surface area contributed by atoms with Gasteiger partial charge in [-0.1, -0.05) is 13.0 Å². The molecular formula is C14H20N2O2S. The molecule has 2 N–H and O–H groups in total. The molecule has 0 saturated heterocycles. The summed E-state index contributed by atoms with van der Waals surface area (Å²) in [5.41, 5.74) is 1.96. The molecule has 19 heavy (non-hydrogen) atoms. The fourth-order valence-electron chi connectivity index (χ4n) is 2.91. The van der Waals surface area contributed by atoms with Gasteiger partial charge in [-0.2, -0.15) is 0 Å². The van der Waals surface area contributed by atoms with Gasteiger partial charge in [-0.25, -0.2) is 13.1 Å². The summed E-state index contributed by atoms with van der Waals surface area (Å²) in [4.78, 5) is 0.375. The lowest BCUT2D eigenvalue weighted by Gasteiger charge is -2.41. The van der Waals surface area contributed by atoms with E-state index in [4.69, 9.17) is 0 Å². The van der Waals surface area contributed by atoms with Crippen LogP contribution in [0.2, 0.25) is 0 Å². The minimum absolute atomic E-state index is 0.203. The molecule has 1 saturated carbocycles. The molecule has 5 heteroatoms. The van der Waals surface area contributed by atoms with Gasteiger partial charge in [0.05, 0.1) is 4.90 Å². The molecule has 0 bridgehead atoms. The van der Waals surface area contributed by atoms with Crippen LogP contribution in [-0.2, 0) is 16.4 Å². The van der Waals surface area contributed by atoms with Crippen LogP contribution in [0.5, 0.6) is 0 Å². The zero-order valence-corrected chi connectivity index (χ0v) is 12.0. The third kappa shape index (κ3) is 2.25. The summed E-state index contributed by atoms with van der Waals surface area (Å²) in [6.45, 7) is 2.94. The SMILES string of the molecule is CCC1(NS(=O)(=O)c2ccc3c(c2)NCC3)CCC1. The van der Waals surface area contributed by atoms with Crippen LogP contribution in [0, 0.1) is 0 Å². The summed E-state index contributed by atoms with van der Waals surface area (Å²) >= 11 is 0. The number of nitrogens with one attached hydrogen (secondary N) is 2. The monoisotopic (exact) mass is 280 g/mol. The molecule has 1 aromatic rings. The Labute approximate surface area is 114 Å². The predicted octanol–water partition coefficient (Wildman–Crippen LogP) is 2.27. The Kier molecular flexibility index (Phi) is 3.06. The molecule has 2 aliphatic rings. The molecule has 0 radical (unpaired) electrons. The third-order valence-electron chi connectivity index (χ3n) is 4.44. The van der Waals surface area contributed by atoms with Crippen molar-refractivity contribution in [3.8, 4) is 0 Å². The molecule has 1 fully saturated rings. The fourth-order valence-corrected chi connectivity index (χ4v) is 4.47. The van der Waals surface area contributed by atoms with Crippen LogP contribution < -0.4 is 10.0 Å². The molecule has 3 rings (SSSR count). The van der Waals surface area contributed by atoms with Crippen LogP contribution in [0.15, 0.2) is 23.1 Å². The van der Waals surface area contributed by atoms with Crippen LogP contribution in [0.4, 0.5) is 5.69 Å². The van der Waals surface area contributed by atoms with E-state index in [-0.39, 0.29) is 5.54 Å². The maximum Gasteiger partial charge on any atom is 0.241 e. The van der Waals surface area contributed by atoms with Crippen LogP contribution >= 0.6 is 0 Å². The Bertz CT molecular complexity index is 586. The van der Waals surface area contributed by atoms with E-state index in [1.165, 1.54) is 5.56 Å². The van der Waals surface area contributed by atoms with E-state index in [1.807, 2.05) is 13.0 Å². The van der Waals surface area contributed by atoms with Crippen molar-refractivity contribution in [2.75, 3.05) is 11.9 Å². The topological polar surface area (TPSA) is 58.2 Å². The van der Waals surface area contributed by atoms with E-state index in [0.29, 0.717) is 4.90 Å². The minimum atomic E-state index is -3.40. The lowest BCUT2D eigenvalue weighted by Crippen LogP contribution is -2.52. The van der Waals surface area contributed by atoms with Crippen molar-refractivity contribution in [3.05, 3.63) is 23.8 Å². The van der Waals surface area contributed by atoms with Crippen LogP contribution in [0.1, 0.15) is 38.2 Å². The van der Waals surface area contributed by atoms with Gasteiger partial charge < -0.3 is 5.32 Å². The van der Waals surface area contributed by atoms with Crippen molar-refractivity contribution < 1.29 is 8.42 Å². The Hall–Kier alpha value is -1.07. The second-order valence-electron chi connectivity index (χ2n) is 5.59. The van der Waals surface area contributed by atoms with Gasteiger partial charge in [0.15, 0.2) is 0 Å². The highest BCUT2D eigenvalue weighted by molar-refractivity contribution is 7.89. The number of rotatable bonds is 4. The summed E-state index contributed by atoms with van der Waals surface area (Å²) in [7, 11) is -3.40.